The first-order valence-corrected chi connectivity index (χ1v) is 7.89. The lowest BCUT2D eigenvalue weighted by Crippen LogP contribution is -2.53. The number of allylic oxidation sites excluding steroid dienone is 2. The van der Waals surface area contributed by atoms with Crippen molar-refractivity contribution in [1.82, 2.24) is 4.90 Å². The van der Waals surface area contributed by atoms with Crippen molar-refractivity contribution in [3.05, 3.63) is 11.1 Å². The lowest BCUT2D eigenvalue weighted by atomic mass is 9.70. The average molecular weight is 295 g/mol. The van der Waals surface area contributed by atoms with Crippen LogP contribution in [0.2, 0.25) is 0 Å². The maximum absolute atomic E-state index is 11.8. The highest BCUT2D eigenvalue weighted by molar-refractivity contribution is 5.71. The fraction of sp³-hybridized carbons (Fsp3) is 0.824. The Balaban J connectivity index is 2.18. The number of amides is 1. The van der Waals surface area contributed by atoms with E-state index in [1.807, 2.05) is 6.92 Å². The van der Waals surface area contributed by atoms with Crippen LogP contribution in [0.5, 0.6) is 0 Å². The van der Waals surface area contributed by atoms with Gasteiger partial charge in [-0.15, -0.1) is 0 Å². The predicted molar refractivity (Wildman–Crippen MR) is 82.8 cm³/mol. The van der Waals surface area contributed by atoms with Crippen LogP contribution in [0.25, 0.3) is 0 Å². The highest BCUT2D eigenvalue weighted by Crippen LogP contribution is 2.46. The van der Waals surface area contributed by atoms with Gasteiger partial charge in [0.25, 0.3) is 0 Å². The number of likely N-dealkylation sites (N-methyl/N-ethyl adjacent to an activating group) is 1. The van der Waals surface area contributed by atoms with Crippen LogP contribution in [0.3, 0.4) is 0 Å². The van der Waals surface area contributed by atoms with Gasteiger partial charge in [0.15, 0.2) is 11.3 Å². The molecular weight excluding hydrogens is 266 g/mol. The van der Waals surface area contributed by atoms with Crippen molar-refractivity contribution < 1.29 is 14.6 Å². The fourth-order valence-electron chi connectivity index (χ4n) is 3.77. The molecule has 4 heteroatoms. The van der Waals surface area contributed by atoms with Crippen molar-refractivity contribution in [2.45, 2.75) is 78.0 Å². The Morgan fingerprint density at radius 1 is 1.29 bits per heavy atom. The Hall–Kier alpha value is -1.03. The molecule has 0 bridgehead atoms. The van der Waals surface area contributed by atoms with E-state index in [9.17, 15) is 9.90 Å². The molecule has 1 aliphatic heterocycles. The van der Waals surface area contributed by atoms with Gasteiger partial charge in [0, 0.05) is 7.05 Å². The second-order valence-electron chi connectivity index (χ2n) is 7.67. The zero-order valence-electron chi connectivity index (χ0n) is 14.2. The summed E-state index contributed by atoms with van der Waals surface area (Å²) in [5.74, 6) is 0. The molecule has 1 saturated heterocycles. The van der Waals surface area contributed by atoms with E-state index in [0.717, 1.165) is 12.8 Å². The molecule has 0 spiro atoms. The third-order valence-corrected chi connectivity index (χ3v) is 5.78. The topological polar surface area (TPSA) is 49.8 Å². The Labute approximate surface area is 128 Å². The van der Waals surface area contributed by atoms with Crippen LogP contribution in [0.1, 0.15) is 66.7 Å². The van der Waals surface area contributed by atoms with Gasteiger partial charge in [-0.25, -0.2) is 4.79 Å². The van der Waals surface area contributed by atoms with Gasteiger partial charge in [-0.05, 0) is 58.3 Å². The Kier molecular flexibility index (Phi) is 3.90. The van der Waals surface area contributed by atoms with Gasteiger partial charge >= 0.3 is 6.09 Å². The molecule has 2 aliphatic rings. The van der Waals surface area contributed by atoms with E-state index in [1.54, 1.807) is 14.0 Å². The van der Waals surface area contributed by atoms with Crippen LogP contribution in [0.15, 0.2) is 11.1 Å². The molecule has 0 aromatic carbocycles. The molecule has 0 radical (unpaired) electrons. The van der Waals surface area contributed by atoms with Crippen molar-refractivity contribution in [3.63, 3.8) is 0 Å². The Bertz CT molecular complexity index is 478. The van der Waals surface area contributed by atoms with Crippen molar-refractivity contribution >= 4 is 6.09 Å². The number of rotatable bonds is 3. The number of ether oxygens (including phenoxy) is 1. The second kappa shape index (κ2) is 5.01. The molecule has 0 aromatic heterocycles. The van der Waals surface area contributed by atoms with Crippen LogP contribution in [-0.4, -0.2) is 34.5 Å². The molecule has 1 heterocycles. The van der Waals surface area contributed by atoms with E-state index in [1.165, 1.54) is 28.9 Å². The van der Waals surface area contributed by atoms with Crippen molar-refractivity contribution in [2.75, 3.05) is 7.05 Å². The van der Waals surface area contributed by atoms with E-state index in [2.05, 4.69) is 20.8 Å². The van der Waals surface area contributed by atoms with Crippen molar-refractivity contribution in [3.8, 4) is 0 Å². The number of aliphatic hydroxyl groups is 1. The van der Waals surface area contributed by atoms with Gasteiger partial charge in [-0.2, -0.15) is 0 Å². The van der Waals surface area contributed by atoms with Gasteiger partial charge in [-0.3, -0.25) is 4.90 Å². The monoisotopic (exact) mass is 295 g/mol. The smallest absolute Gasteiger partial charge is 0.412 e. The second-order valence-corrected chi connectivity index (χ2v) is 7.67. The molecule has 1 amide bonds. The highest BCUT2D eigenvalue weighted by atomic mass is 16.6. The lowest BCUT2D eigenvalue weighted by Gasteiger charge is -2.39. The quantitative estimate of drug-likeness (QED) is 0.805. The number of hydrogen-bond donors (Lipinski definition) is 1. The molecule has 1 N–H and O–H groups in total. The number of carbonyl (C=O) groups is 1. The van der Waals surface area contributed by atoms with Crippen LogP contribution < -0.4 is 0 Å². The van der Waals surface area contributed by atoms with E-state index in [4.69, 9.17) is 4.74 Å². The maximum Gasteiger partial charge on any atom is 0.412 e. The minimum absolute atomic E-state index is 0.207. The maximum atomic E-state index is 11.8. The minimum atomic E-state index is -1.27. The first-order chi connectivity index (χ1) is 9.51. The van der Waals surface area contributed by atoms with E-state index >= 15 is 0 Å². The van der Waals surface area contributed by atoms with Gasteiger partial charge in [0.1, 0.15) is 0 Å². The molecule has 0 unspecified atom stereocenters. The summed E-state index contributed by atoms with van der Waals surface area (Å²) in [6.45, 7) is 10.3. The summed E-state index contributed by atoms with van der Waals surface area (Å²) in [6.07, 6.45) is 4.67. The summed E-state index contributed by atoms with van der Waals surface area (Å²) >= 11 is 0. The molecule has 1 aliphatic carbocycles. The number of nitrogens with zero attached hydrogens (tertiary/aromatic N) is 1. The van der Waals surface area contributed by atoms with Crippen molar-refractivity contribution in [1.29, 1.82) is 0 Å². The molecule has 4 nitrogen and oxygen atoms in total. The van der Waals surface area contributed by atoms with Crippen molar-refractivity contribution in [2.24, 2.45) is 5.41 Å². The normalized spacial score (nSPS) is 36.1. The van der Waals surface area contributed by atoms with Gasteiger partial charge < -0.3 is 9.84 Å². The summed E-state index contributed by atoms with van der Waals surface area (Å²) in [5.41, 5.74) is 1.01. The molecule has 2 atom stereocenters. The fourth-order valence-corrected chi connectivity index (χ4v) is 3.77. The average Bonchev–Trinajstić information content (AvgIpc) is 2.49. The van der Waals surface area contributed by atoms with E-state index in [-0.39, 0.29) is 5.41 Å². The number of cyclic esters (lactones) is 1. The van der Waals surface area contributed by atoms with E-state index < -0.39 is 17.4 Å². The molecule has 120 valence electrons. The predicted octanol–water partition coefficient (Wildman–Crippen LogP) is 3.84. The Morgan fingerprint density at radius 3 is 2.38 bits per heavy atom. The minimum Gasteiger partial charge on any atom is -0.438 e. The zero-order chi connectivity index (χ0) is 16.1. The third kappa shape index (κ3) is 2.59. The summed E-state index contributed by atoms with van der Waals surface area (Å²) in [6, 6.07) is 0. The SMILES string of the molecule is CC1=C(CC[C@]2(C)OC(=O)N(C)[C@@]2(C)O)C(C)(C)CCC1. The summed E-state index contributed by atoms with van der Waals surface area (Å²) in [4.78, 5) is 13.1. The first-order valence-electron chi connectivity index (χ1n) is 7.89. The number of carbonyl (C=O) groups excluding carboxylic acids is 1. The summed E-state index contributed by atoms with van der Waals surface area (Å²) in [7, 11) is 1.59. The van der Waals surface area contributed by atoms with Crippen LogP contribution in [-0.2, 0) is 4.74 Å². The molecule has 0 saturated carbocycles. The standard InChI is InChI=1S/C17H29NO3/c1-12-8-7-10-15(2,3)13(12)9-11-16(4)17(5,20)18(6)14(19)21-16/h20H,7-11H2,1-6H3/t16-,17-/m0/s1. The number of hydrogen-bond acceptors (Lipinski definition) is 3. The third-order valence-electron chi connectivity index (χ3n) is 5.78. The highest BCUT2D eigenvalue weighted by Gasteiger charge is 2.57. The molecule has 2 rings (SSSR count). The van der Waals surface area contributed by atoms with Gasteiger partial charge in [0.2, 0.25) is 0 Å². The van der Waals surface area contributed by atoms with Gasteiger partial charge in [0.05, 0.1) is 0 Å². The van der Waals surface area contributed by atoms with Crippen LogP contribution in [0, 0.1) is 5.41 Å². The largest absolute Gasteiger partial charge is 0.438 e. The summed E-state index contributed by atoms with van der Waals surface area (Å²) in [5, 5.41) is 10.6. The Morgan fingerprint density at radius 2 is 1.90 bits per heavy atom. The summed E-state index contributed by atoms with van der Waals surface area (Å²) < 4.78 is 5.49. The molecule has 0 aromatic rings. The molecule has 1 fully saturated rings. The molecular formula is C17H29NO3. The zero-order valence-corrected chi connectivity index (χ0v) is 14.2. The lowest BCUT2D eigenvalue weighted by molar-refractivity contribution is -0.133. The van der Waals surface area contributed by atoms with Crippen LogP contribution in [0.4, 0.5) is 4.79 Å². The van der Waals surface area contributed by atoms with Crippen LogP contribution >= 0.6 is 0 Å². The van der Waals surface area contributed by atoms with E-state index in [0.29, 0.717) is 6.42 Å². The molecule has 21 heavy (non-hydrogen) atoms. The first kappa shape index (κ1) is 16.3. The van der Waals surface area contributed by atoms with Gasteiger partial charge in [-0.1, -0.05) is 25.0 Å².